The molecular formula is C53H90N6O18. The Labute approximate surface area is 454 Å². The van der Waals surface area contributed by atoms with Crippen molar-refractivity contribution in [3.8, 4) is 0 Å². The Bertz CT molecular complexity index is 1790. The van der Waals surface area contributed by atoms with Crippen molar-refractivity contribution in [3.05, 3.63) is 35.4 Å². The second-order valence-corrected chi connectivity index (χ2v) is 18.6. The summed E-state index contributed by atoms with van der Waals surface area (Å²) in [5.74, 6) is -2.91. The molecule has 77 heavy (non-hydrogen) atoms. The number of nitrogens with two attached hydrogens (primary N) is 1. The number of ether oxygens (including phenoxy) is 10. The summed E-state index contributed by atoms with van der Waals surface area (Å²) in [6, 6.07) is 5.46. The van der Waals surface area contributed by atoms with Gasteiger partial charge >= 0.3 is 18.1 Å². The average molecular weight is 1100 g/mol. The zero-order valence-corrected chi connectivity index (χ0v) is 46.1. The van der Waals surface area contributed by atoms with Gasteiger partial charge in [-0.3, -0.25) is 24.0 Å². The summed E-state index contributed by atoms with van der Waals surface area (Å²) >= 11 is 0. The number of methoxy groups -OCH3 is 1. The number of nitrogens with one attached hydrogen (secondary N) is 3. The van der Waals surface area contributed by atoms with Crippen molar-refractivity contribution >= 4 is 41.5 Å². The summed E-state index contributed by atoms with van der Waals surface area (Å²) in [7, 11) is 3.40. The molecule has 0 saturated carbocycles. The van der Waals surface area contributed by atoms with Crippen molar-refractivity contribution in [2.24, 2.45) is 23.5 Å². The summed E-state index contributed by atoms with van der Waals surface area (Å²) in [5.41, 5.74) is 6.62. The van der Waals surface area contributed by atoms with Crippen LogP contribution in [0, 0.1) is 17.8 Å². The summed E-state index contributed by atoms with van der Waals surface area (Å²) in [5, 5.41) is 17.6. The van der Waals surface area contributed by atoms with Gasteiger partial charge in [-0.2, -0.15) is 0 Å². The van der Waals surface area contributed by atoms with E-state index in [1.165, 1.54) is 0 Å². The first kappa shape index (κ1) is 68.2. The molecule has 5 amide bonds. The van der Waals surface area contributed by atoms with Crippen molar-refractivity contribution in [2.45, 2.75) is 77.9 Å². The van der Waals surface area contributed by atoms with Gasteiger partial charge in [0.25, 0.3) is 0 Å². The fraction of sp³-hybridized carbons (Fsp3) is 0.755. The Morgan fingerprint density at radius 2 is 1.19 bits per heavy atom. The van der Waals surface area contributed by atoms with Crippen LogP contribution in [0.5, 0.6) is 0 Å². The van der Waals surface area contributed by atoms with E-state index in [1.807, 2.05) is 13.8 Å². The van der Waals surface area contributed by atoms with E-state index in [9.17, 15) is 33.6 Å². The molecule has 1 saturated heterocycles. The molecule has 2 rings (SSSR count). The van der Waals surface area contributed by atoms with Crippen molar-refractivity contribution in [1.29, 1.82) is 0 Å². The number of urea groups is 1. The largest absolute Gasteiger partial charge is 0.481 e. The van der Waals surface area contributed by atoms with Crippen LogP contribution in [0.25, 0.3) is 0 Å². The molecule has 0 aliphatic carbocycles. The number of carboxylic acid groups (broad SMARTS) is 1. The SMILES string of the molecule is CNCCN(CCOCCOCCOCCOCCC(=O)N1CCC(C(=O)O)CC1)C(=O)OCc1ccc(CC(=O)[C@H](CCCNC(N)=O)NC(=O)[C@@H](CC(=O)CCOCCOCCOCCOCCOC)C(C)C)cc1. The van der Waals surface area contributed by atoms with Crippen molar-refractivity contribution in [3.63, 3.8) is 0 Å². The number of aliphatic carboxylic acids is 1. The number of amides is 5. The van der Waals surface area contributed by atoms with Crippen LogP contribution in [-0.4, -0.2) is 228 Å². The zero-order valence-electron chi connectivity index (χ0n) is 46.1. The minimum absolute atomic E-state index is 0.00320. The van der Waals surface area contributed by atoms with Crippen LogP contribution >= 0.6 is 0 Å². The molecule has 24 nitrogen and oxygen atoms in total. The van der Waals surface area contributed by atoms with Crippen molar-refractivity contribution < 1.29 is 86.0 Å². The highest BCUT2D eigenvalue weighted by Crippen LogP contribution is 2.20. The number of Topliss-reactive ketones (excluding diaryl/α,β-unsaturated/α-hetero) is 2. The second-order valence-electron chi connectivity index (χ2n) is 18.6. The lowest BCUT2D eigenvalue weighted by Crippen LogP contribution is -2.46. The van der Waals surface area contributed by atoms with Gasteiger partial charge in [-0.1, -0.05) is 38.1 Å². The number of carbonyl (C=O) groups excluding carboxylic acids is 6. The zero-order chi connectivity index (χ0) is 56.3. The Morgan fingerprint density at radius 1 is 0.688 bits per heavy atom. The van der Waals surface area contributed by atoms with E-state index in [1.54, 1.807) is 48.2 Å². The van der Waals surface area contributed by atoms with Gasteiger partial charge in [0.2, 0.25) is 11.8 Å². The van der Waals surface area contributed by atoms with E-state index in [4.69, 9.17) is 58.2 Å². The number of hydrogen-bond acceptors (Lipinski definition) is 18. The Morgan fingerprint density at radius 3 is 1.70 bits per heavy atom. The topological polar surface area (TPSA) is 301 Å². The fourth-order valence-corrected chi connectivity index (χ4v) is 7.66. The number of hydrogen-bond donors (Lipinski definition) is 5. The molecule has 440 valence electrons. The molecule has 6 N–H and O–H groups in total. The molecule has 1 aromatic rings. The quantitative estimate of drug-likeness (QED) is 0.0583. The highest BCUT2D eigenvalue weighted by Gasteiger charge is 2.30. The number of primary amides is 1. The number of carbonyl (C=O) groups is 7. The molecule has 0 radical (unpaired) electrons. The van der Waals surface area contributed by atoms with E-state index in [0.717, 1.165) is 0 Å². The molecule has 2 atom stereocenters. The number of carboxylic acids is 1. The summed E-state index contributed by atoms with van der Waals surface area (Å²) < 4.78 is 54.7. The van der Waals surface area contributed by atoms with Crippen LogP contribution in [-0.2, 0) is 84.4 Å². The third-order valence-corrected chi connectivity index (χ3v) is 12.3. The van der Waals surface area contributed by atoms with Gasteiger partial charge in [0, 0.05) is 71.6 Å². The number of nitrogens with zero attached hydrogens (tertiary/aromatic N) is 2. The minimum Gasteiger partial charge on any atom is -0.481 e. The van der Waals surface area contributed by atoms with Crippen molar-refractivity contribution in [1.82, 2.24) is 25.8 Å². The predicted molar refractivity (Wildman–Crippen MR) is 282 cm³/mol. The monoisotopic (exact) mass is 1100 g/mol. The van der Waals surface area contributed by atoms with E-state index >= 15 is 0 Å². The third-order valence-electron chi connectivity index (χ3n) is 12.3. The third kappa shape index (κ3) is 33.9. The first-order chi connectivity index (χ1) is 37.2. The molecule has 1 aliphatic rings. The molecule has 0 bridgehead atoms. The lowest BCUT2D eigenvalue weighted by Gasteiger charge is -2.30. The van der Waals surface area contributed by atoms with E-state index in [-0.39, 0.29) is 94.4 Å². The molecule has 1 heterocycles. The lowest BCUT2D eigenvalue weighted by molar-refractivity contribution is -0.146. The maximum atomic E-state index is 13.8. The number of piperidine rings is 1. The van der Waals surface area contributed by atoms with Crippen LogP contribution < -0.4 is 21.7 Å². The Balaban J connectivity index is 1.71. The van der Waals surface area contributed by atoms with E-state index in [0.29, 0.717) is 156 Å². The highest BCUT2D eigenvalue weighted by molar-refractivity contribution is 5.93. The number of benzene rings is 1. The maximum absolute atomic E-state index is 13.8. The highest BCUT2D eigenvalue weighted by atomic mass is 16.6. The number of ketones is 2. The van der Waals surface area contributed by atoms with Gasteiger partial charge in [-0.15, -0.1) is 0 Å². The molecule has 0 aromatic heterocycles. The van der Waals surface area contributed by atoms with Gasteiger partial charge in [0.05, 0.1) is 131 Å². The van der Waals surface area contributed by atoms with Gasteiger partial charge in [0.1, 0.15) is 12.4 Å². The average Bonchev–Trinajstić information content (AvgIpc) is 3.41. The van der Waals surface area contributed by atoms with E-state index in [2.05, 4.69) is 16.0 Å². The second kappa shape index (κ2) is 44.0. The van der Waals surface area contributed by atoms with Crippen LogP contribution in [0.1, 0.15) is 69.9 Å². The van der Waals surface area contributed by atoms with Gasteiger partial charge in [0.15, 0.2) is 5.78 Å². The van der Waals surface area contributed by atoms with Gasteiger partial charge in [-0.05, 0) is 49.8 Å². The Kier molecular flexibility index (Phi) is 39.0. The first-order valence-corrected chi connectivity index (χ1v) is 26.9. The van der Waals surface area contributed by atoms with Crippen LogP contribution in [0.4, 0.5) is 9.59 Å². The smallest absolute Gasteiger partial charge is 0.410 e. The fourth-order valence-electron chi connectivity index (χ4n) is 7.66. The first-order valence-electron chi connectivity index (χ1n) is 26.9. The summed E-state index contributed by atoms with van der Waals surface area (Å²) in [6.45, 7) is 12.2. The molecule has 1 fully saturated rings. The van der Waals surface area contributed by atoms with E-state index < -0.39 is 36.0 Å². The number of rotatable bonds is 48. The van der Waals surface area contributed by atoms with Gasteiger partial charge < -0.3 is 84.0 Å². The summed E-state index contributed by atoms with van der Waals surface area (Å²) in [6.07, 6.45) is 1.37. The molecule has 24 heteroatoms. The minimum atomic E-state index is -0.892. The normalized spacial score (nSPS) is 13.5. The number of likely N-dealkylation sites (N-methyl/N-ethyl adjacent to an activating group) is 1. The predicted octanol–water partition coefficient (Wildman–Crippen LogP) is 2.00. The molecule has 1 aliphatic heterocycles. The molecule has 1 aromatic carbocycles. The van der Waals surface area contributed by atoms with Crippen LogP contribution in [0.2, 0.25) is 0 Å². The van der Waals surface area contributed by atoms with Gasteiger partial charge in [-0.25, -0.2) is 9.59 Å². The van der Waals surface area contributed by atoms with Crippen molar-refractivity contribution in [2.75, 3.05) is 166 Å². The molecule has 0 spiro atoms. The Hall–Kier alpha value is -4.89. The maximum Gasteiger partial charge on any atom is 0.410 e. The number of likely N-dealkylation sites (tertiary alicyclic amines) is 1. The summed E-state index contributed by atoms with van der Waals surface area (Å²) in [4.78, 5) is 91.5. The van der Waals surface area contributed by atoms with Crippen LogP contribution in [0.15, 0.2) is 24.3 Å². The molecular weight excluding hydrogens is 1010 g/mol. The lowest BCUT2D eigenvalue weighted by atomic mass is 9.88. The molecule has 0 unspecified atom stereocenters. The van der Waals surface area contributed by atoms with Crippen LogP contribution in [0.3, 0.4) is 0 Å². The standard InChI is InChI=1S/C53H90N6O18/c1-41(2)46(39-45(60)13-21-69-26-29-73-35-37-76-33-32-72-25-24-68-4)50(63)57-47(6-5-15-56-52(54)66)48(61)38-42-7-9-43(10-8-42)40-77-53(67)59(19-16-55-3)20-23-71-28-31-75-36-34-74-30-27-70-22-14-49(62)58-17-11-44(12-18-58)51(64)65/h7-10,41,44,46-47,55H,5-6,11-40H2,1-4H3,(H,57,63)(H,64,65)(H3,54,56,66)/t46-,47-/m0/s1.